The summed E-state index contributed by atoms with van der Waals surface area (Å²) in [4.78, 5) is 4.20. The Bertz CT molecular complexity index is 462. The molecule has 0 radical (unpaired) electrons. The van der Waals surface area contributed by atoms with Crippen molar-refractivity contribution in [2.75, 3.05) is 7.11 Å². The van der Waals surface area contributed by atoms with Crippen LogP contribution in [0.15, 0.2) is 36.8 Å². The summed E-state index contributed by atoms with van der Waals surface area (Å²) in [6, 6.07) is 8.02. The highest BCUT2D eigenvalue weighted by atomic mass is 16.5. The Labute approximate surface area is 95.7 Å². The lowest BCUT2D eigenvalue weighted by Gasteiger charge is -2.10. The van der Waals surface area contributed by atoms with Gasteiger partial charge in [-0.25, -0.2) is 4.98 Å². The van der Waals surface area contributed by atoms with Crippen molar-refractivity contribution in [1.82, 2.24) is 9.55 Å². The summed E-state index contributed by atoms with van der Waals surface area (Å²) in [5.41, 5.74) is 2.20. The predicted octanol–water partition coefficient (Wildman–Crippen LogP) is 2.97. The lowest BCUT2D eigenvalue weighted by molar-refractivity contribution is 0.416. The average Bonchev–Trinajstić information content (AvgIpc) is 2.77. The molecule has 2 aromatic rings. The van der Waals surface area contributed by atoms with Gasteiger partial charge in [-0.1, -0.05) is 19.1 Å². The van der Waals surface area contributed by atoms with Crippen LogP contribution in [0, 0.1) is 0 Å². The number of aryl methyl sites for hydroxylation is 1. The number of rotatable bonds is 4. The molecule has 0 bridgehead atoms. The molecule has 3 nitrogen and oxygen atoms in total. The molecule has 2 rings (SSSR count). The molecule has 0 spiro atoms. The van der Waals surface area contributed by atoms with Gasteiger partial charge in [-0.2, -0.15) is 0 Å². The van der Waals surface area contributed by atoms with E-state index in [1.54, 1.807) is 7.11 Å². The second kappa shape index (κ2) is 4.84. The Balaban J connectivity index is 2.45. The Morgan fingerprint density at radius 1 is 1.31 bits per heavy atom. The monoisotopic (exact) mass is 216 g/mol. The predicted molar refractivity (Wildman–Crippen MR) is 64.5 cm³/mol. The average molecular weight is 216 g/mol. The first-order valence-electron chi connectivity index (χ1n) is 5.50. The molecule has 0 saturated heterocycles. The Kier molecular flexibility index (Phi) is 3.25. The molecular formula is C13H16N2O. The minimum absolute atomic E-state index is 0.889. The fraction of sp³-hybridized carbons (Fsp3) is 0.308. The molecule has 1 aromatic heterocycles. The van der Waals surface area contributed by atoms with Crippen LogP contribution in [0.4, 0.5) is 0 Å². The molecule has 0 fully saturated rings. The molecule has 0 atom stereocenters. The maximum Gasteiger partial charge on any atom is 0.128 e. The van der Waals surface area contributed by atoms with Gasteiger partial charge in [0.1, 0.15) is 5.75 Å². The van der Waals surface area contributed by atoms with E-state index < -0.39 is 0 Å². The summed E-state index contributed by atoms with van der Waals surface area (Å²) in [6.07, 6.45) is 4.84. The summed E-state index contributed by atoms with van der Waals surface area (Å²) in [5.74, 6) is 0.889. The van der Waals surface area contributed by atoms with Crippen molar-refractivity contribution in [1.29, 1.82) is 0 Å². The van der Waals surface area contributed by atoms with Gasteiger partial charge < -0.3 is 9.30 Å². The normalized spacial score (nSPS) is 10.4. The molecule has 1 aromatic carbocycles. The molecule has 0 N–H and O–H groups in total. The van der Waals surface area contributed by atoms with Crippen LogP contribution in [0.3, 0.4) is 0 Å². The molecule has 84 valence electrons. The van der Waals surface area contributed by atoms with Crippen LogP contribution >= 0.6 is 0 Å². The van der Waals surface area contributed by atoms with Crippen LogP contribution in [-0.2, 0) is 6.54 Å². The molecule has 0 unspecified atom stereocenters. The van der Waals surface area contributed by atoms with Crippen molar-refractivity contribution < 1.29 is 4.74 Å². The molecule has 0 aliphatic heterocycles. The number of benzene rings is 1. The molecule has 0 aliphatic carbocycles. The van der Waals surface area contributed by atoms with Gasteiger partial charge in [0.05, 0.1) is 25.3 Å². The van der Waals surface area contributed by atoms with E-state index in [0.717, 1.165) is 30.0 Å². The van der Waals surface area contributed by atoms with Gasteiger partial charge in [-0.05, 0) is 18.6 Å². The highest BCUT2D eigenvalue weighted by molar-refractivity contribution is 5.66. The molecule has 3 heteroatoms. The molecule has 0 amide bonds. The smallest absolute Gasteiger partial charge is 0.128 e. The van der Waals surface area contributed by atoms with Crippen molar-refractivity contribution in [3.05, 3.63) is 36.8 Å². The van der Waals surface area contributed by atoms with E-state index in [4.69, 9.17) is 4.74 Å². The first kappa shape index (κ1) is 10.7. The fourth-order valence-electron chi connectivity index (χ4n) is 1.82. The van der Waals surface area contributed by atoms with Gasteiger partial charge in [0.2, 0.25) is 0 Å². The fourth-order valence-corrected chi connectivity index (χ4v) is 1.82. The van der Waals surface area contributed by atoms with E-state index in [0.29, 0.717) is 0 Å². The topological polar surface area (TPSA) is 27.1 Å². The number of imidazole rings is 1. The third-order valence-electron chi connectivity index (χ3n) is 2.56. The van der Waals surface area contributed by atoms with Crippen LogP contribution in [0.25, 0.3) is 11.3 Å². The highest BCUT2D eigenvalue weighted by Crippen LogP contribution is 2.29. The van der Waals surface area contributed by atoms with Gasteiger partial charge in [0.15, 0.2) is 0 Å². The van der Waals surface area contributed by atoms with Gasteiger partial charge >= 0.3 is 0 Å². The largest absolute Gasteiger partial charge is 0.496 e. The third kappa shape index (κ3) is 1.94. The zero-order valence-electron chi connectivity index (χ0n) is 9.68. The molecule has 16 heavy (non-hydrogen) atoms. The summed E-state index contributed by atoms with van der Waals surface area (Å²) < 4.78 is 7.51. The summed E-state index contributed by atoms with van der Waals surface area (Å²) >= 11 is 0. The van der Waals surface area contributed by atoms with Crippen LogP contribution in [0.1, 0.15) is 13.3 Å². The van der Waals surface area contributed by atoms with E-state index in [1.807, 2.05) is 30.7 Å². The Hall–Kier alpha value is -1.77. The molecular weight excluding hydrogens is 200 g/mol. The van der Waals surface area contributed by atoms with Crippen LogP contribution < -0.4 is 4.74 Å². The van der Waals surface area contributed by atoms with E-state index in [1.165, 1.54) is 0 Å². The van der Waals surface area contributed by atoms with Gasteiger partial charge in [0, 0.05) is 12.1 Å². The second-order valence-corrected chi connectivity index (χ2v) is 3.67. The SMILES string of the molecule is CCCn1cncc1-c1ccccc1OC. The number of para-hydroxylation sites is 1. The van der Waals surface area contributed by atoms with Crippen molar-refractivity contribution in [3.63, 3.8) is 0 Å². The van der Waals surface area contributed by atoms with Gasteiger partial charge in [-0.15, -0.1) is 0 Å². The zero-order chi connectivity index (χ0) is 11.4. The molecule has 0 saturated carbocycles. The second-order valence-electron chi connectivity index (χ2n) is 3.67. The zero-order valence-corrected chi connectivity index (χ0v) is 9.68. The minimum Gasteiger partial charge on any atom is -0.496 e. The molecule has 1 heterocycles. The van der Waals surface area contributed by atoms with Crippen molar-refractivity contribution in [2.24, 2.45) is 0 Å². The first-order chi connectivity index (χ1) is 7.86. The number of methoxy groups -OCH3 is 1. The van der Waals surface area contributed by atoms with Crippen molar-refractivity contribution in [2.45, 2.75) is 19.9 Å². The summed E-state index contributed by atoms with van der Waals surface area (Å²) in [7, 11) is 1.69. The first-order valence-corrected chi connectivity index (χ1v) is 5.50. The third-order valence-corrected chi connectivity index (χ3v) is 2.56. The minimum atomic E-state index is 0.889. The standard InChI is InChI=1S/C13H16N2O/c1-3-8-15-10-14-9-12(15)11-6-4-5-7-13(11)16-2/h4-7,9-10H,3,8H2,1-2H3. The van der Waals surface area contributed by atoms with Crippen LogP contribution in [-0.4, -0.2) is 16.7 Å². The van der Waals surface area contributed by atoms with E-state index >= 15 is 0 Å². The number of hydrogen-bond donors (Lipinski definition) is 0. The van der Waals surface area contributed by atoms with E-state index in [9.17, 15) is 0 Å². The Morgan fingerprint density at radius 3 is 2.88 bits per heavy atom. The maximum absolute atomic E-state index is 5.36. The lowest BCUT2D eigenvalue weighted by atomic mass is 10.1. The van der Waals surface area contributed by atoms with Crippen molar-refractivity contribution in [3.8, 4) is 17.0 Å². The van der Waals surface area contributed by atoms with E-state index in [2.05, 4.69) is 22.5 Å². The van der Waals surface area contributed by atoms with Crippen LogP contribution in [0.5, 0.6) is 5.75 Å². The number of ether oxygens (including phenoxy) is 1. The van der Waals surface area contributed by atoms with Gasteiger partial charge in [0.25, 0.3) is 0 Å². The van der Waals surface area contributed by atoms with Crippen LogP contribution in [0.2, 0.25) is 0 Å². The Morgan fingerprint density at radius 2 is 2.12 bits per heavy atom. The number of aromatic nitrogens is 2. The summed E-state index contributed by atoms with van der Waals surface area (Å²) in [6.45, 7) is 3.14. The van der Waals surface area contributed by atoms with Crippen molar-refractivity contribution >= 4 is 0 Å². The summed E-state index contributed by atoms with van der Waals surface area (Å²) in [5, 5.41) is 0. The number of hydrogen-bond acceptors (Lipinski definition) is 2. The number of nitrogens with zero attached hydrogens (tertiary/aromatic N) is 2. The van der Waals surface area contributed by atoms with E-state index in [-0.39, 0.29) is 0 Å². The highest BCUT2D eigenvalue weighted by Gasteiger charge is 2.09. The quantitative estimate of drug-likeness (QED) is 0.785. The lowest BCUT2D eigenvalue weighted by Crippen LogP contribution is -1.98. The molecule has 0 aliphatic rings. The maximum atomic E-state index is 5.36. The van der Waals surface area contributed by atoms with Gasteiger partial charge in [-0.3, -0.25) is 0 Å².